The van der Waals surface area contributed by atoms with Gasteiger partial charge in [-0.2, -0.15) is 0 Å². The van der Waals surface area contributed by atoms with Gasteiger partial charge in [0.05, 0.1) is 17.9 Å². The first kappa shape index (κ1) is 20.0. The fourth-order valence-electron chi connectivity index (χ4n) is 3.01. The second kappa shape index (κ2) is 8.18. The van der Waals surface area contributed by atoms with Crippen LogP contribution >= 0.6 is 0 Å². The highest BCUT2D eigenvalue weighted by molar-refractivity contribution is 5.81. The highest BCUT2D eigenvalue weighted by atomic mass is 16.5. The second-order valence-electron chi connectivity index (χ2n) is 7.08. The van der Waals surface area contributed by atoms with E-state index >= 15 is 0 Å². The minimum atomic E-state index is -0.958. The Hall–Kier alpha value is -2.04. The fourth-order valence-corrected chi connectivity index (χ4v) is 3.01. The third kappa shape index (κ3) is 4.73. The summed E-state index contributed by atoms with van der Waals surface area (Å²) in [6.07, 6.45) is -0.0496. The number of carbonyl (C=O) groups is 2. The molecule has 5 nitrogen and oxygen atoms in total. The average Bonchev–Trinajstić information content (AvgIpc) is 2.39. The maximum atomic E-state index is 11.8. The molecule has 0 saturated heterocycles. The van der Waals surface area contributed by atoms with E-state index in [2.05, 4.69) is 0 Å². The molecule has 0 bridgehead atoms. The Labute approximate surface area is 143 Å². The van der Waals surface area contributed by atoms with E-state index in [4.69, 9.17) is 4.74 Å². The zero-order valence-electron chi connectivity index (χ0n) is 15.2. The lowest BCUT2D eigenvalue weighted by Gasteiger charge is -2.26. The summed E-state index contributed by atoms with van der Waals surface area (Å²) >= 11 is 0. The smallest absolute Gasteiger partial charge is 0.311 e. The van der Waals surface area contributed by atoms with Gasteiger partial charge in [-0.25, -0.2) is 0 Å². The molecule has 1 aromatic carbocycles. The van der Waals surface area contributed by atoms with Crippen LogP contribution in [0.4, 0.5) is 0 Å². The molecule has 1 rings (SSSR count). The molecule has 0 aliphatic carbocycles. The van der Waals surface area contributed by atoms with Crippen molar-refractivity contribution in [3.63, 3.8) is 0 Å². The molecule has 0 saturated carbocycles. The van der Waals surface area contributed by atoms with E-state index < -0.39 is 23.8 Å². The van der Waals surface area contributed by atoms with Crippen molar-refractivity contribution in [2.45, 2.75) is 59.5 Å². The molecule has 5 heteroatoms. The molecule has 2 unspecified atom stereocenters. The Morgan fingerprint density at radius 1 is 0.833 bits per heavy atom. The van der Waals surface area contributed by atoms with Crippen LogP contribution in [-0.4, -0.2) is 28.3 Å². The summed E-state index contributed by atoms with van der Waals surface area (Å²) in [5.74, 6) is -3.21. The number of hydrogen-bond acceptors (Lipinski definition) is 3. The van der Waals surface area contributed by atoms with E-state index in [0.717, 1.165) is 0 Å². The van der Waals surface area contributed by atoms with Gasteiger partial charge in [-0.15, -0.1) is 0 Å². The van der Waals surface area contributed by atoms with E-state index in [1.54, 1.807) is 18.2 Å². The summed E-state index contributed by atoms with van der Waals surface area (Å²) in [5.41, 5.74) is 1.08. The molecule has 0 aromatic heterocycles. The van der Waals surface area contributed by atoms with E-state index in [9.17, 15) is 19.8 Å². The molecular weight excluding hydrogens is 308 g/mol. The lowest BCUT2D eigenvalue weighted by Crippen LogP contribution is -2.24. The molecular formula is C19H28O5. The van der Waals surface area contributed by atoms with Gasteiger partial charge in [-0.3, -0.25) is 9.59 Å². The van der Waals surface area contributed by atoms with Gasteiger partial charge < -0.3 is 14.9 Å². The molecule has 0 radical (unpaired) electrons. The van der Waals surface area contributed by atoms with Gasteiger partial charge in [0, 0.05) is 0 Å². The largest absolute Gasteiger partial charge is 0.491 e. The third-order valence-corrected chi connectivity index (χ3v) is 3.97. The SMILES string of the molecule is CC(C)Oc1ccc(C(C(=O)O)C(C)C)c(C(C(=O)O)C(C)C)c1. The van der Waals surface area contributed by atoms with E-state index in [0.29, 0.717) is 16.9 Å². The topological polar surface area (TPSA) is 83.8 Å². The maximum Gasteiger partial charge on any atom is 0.311 e. The van der Waals surface area contributed by atoms with Crippen LogP contribution in [0.25, 0.3) is 0 Å². The summed E-state index contributed by atoms with van der Waals surface area (Å²) in [6.45, 7) is 11.1. The normalized spacial score (nSPS) is 14.0. The van der Waals surface area contributed by atoms with Gasteiger partial charge in [0.2, 0.25) is 0 Å². The number of ether oxygens (including phenoxy) is 1. The molecule has 0 aliphatic rings. The minimum absolute atomic E-state index is 0.0496. The van der Waals surface area contributed by atoms with Crippen LogP contribution in [-0.2, 0) is 9.59 Å². The lowest BCUT2D eigenvalue weighted by atomic mass is 9.78. The van der Waals surface area contributed by atoms with Crippen molar-refractivity contribution in [2.24, 2.45) is 11.8 Å². The molecule has 0 fully saturated rings. The zero-order chi connectivity index (χ0) is 18.6. The quantitative estimate of drug-likeness (QED) is 0.746. The lowest BCUT2D eigenvalue weighted by molar-refractivity contribution is -0.141. The van der Waals surface area contributed by atoms with Crippen molar-refractivity contribution in [3.05, 3.63) is 29.3 Å². The Morgan fingerprint density at radius 3 is 1.67 bits per heavy atom. The van der Waals surface area contributed by atoms with Crippen molar-refractivity contribution in [3.8, 4) is 5.75 Å². The van der Waals surface area contributed by atoms with Crippen LogP contribution in [0.2, 0.25) is 0 Å². The van der Waals surface area contributed by atoms with Gasteiger partial charge >= 0.3 is 11.9 Å². The number of rotatable bonds is 8. The molecule has 24 heavy (non-hydrogen) atoms. The van der Waals surface area contributed by atoms with Gasteiger partial charge in [0.1, 0.15) is 5.75 Å². The van der Waals surface area contributed by atoms with E-state index in [1.165, 1.54) is 0 Å². The third-order valence-electron chi connectivity index (χ3n) is 3.97. The number of carboxylic acid groups (broad SMARTS) is 2. The molecule has 0 spiro atoms. The summed E-state index contributed by atoms with van der Waals surface area (Å²) in [6, 6.07) is 5.10. The Balaban J connectivity index is 3.57. The molecule has 1 aromatic rings. The van der Waals surface area contributed by atoms with Gasteiger partial charge in [-0.1, -0.05) is 33.8 Å². The van der Waals surface area contributed by atoms with Crippen molar-refractivity contribution in [1.82, 2.24) is 0 Å². The van der Waals surface area contributed by atoms with Gasteiger partial charge in [-0.05, 0) is 48.9 Å². The zero-order valence-corrected chi connectivity index (χ0v) is 15.2. The summed E-state index contributed by atoms with van der Waals surface area (Å²) in [7, 11) is 0. The number of carboxylic acids is 2. The van der Waals surface area contributed by atoms with Crippen molar-refractivity contribution in [1.29, 1.82) is 0 Å². The summed E-state index contributed by atoms with van der Waals surface area (Å²) in [5, 5.41) is 19.3. The second-order valence-corrected chi connectivity index (χ2v) is 7.08. The number of hydrogen-bond donors (Lipinski definition) is 2. The van der Waals surface area contributed by atoms with Crippen LogP contribution < -0.4 is 4.74 Å². The van der Waals surface area contributed by atoms with E-state index in [1.807, 2.05) is 41.5 Å². The molecule has 134 valence electrons. The first-order valence-corrected chi connectivity index (χ1v) is 8.32. The Kier molecular flexibility index (Phi) is 6.81. The summed E-state index contributed by atoms with van der Waals surface area (Å²) in [4.78, 5) is 23.5. The van der Waals surface area contributed by atoms with Gasteiger partial charge in [0.15, 0.2) is 0 Å². The standard InChI is InChI=1S/C19H28O5/c1-10(2)16(18(20)21)14-8-7-13(24-12(5)6)9-15(14)17(11(3)4)19(22)23/h7-12,16-17H,1-6H3,(H,20,21)(H,22,23). The predicted octanol–water partition coefficient (Wildman–Crippen LogP) is 4.12. The van der Waals surface area contributed by atoms with Crippen molar-refractivity contribution in [2.75, 3.05) is 0 Å². The highest BCUT2D eigenvalue weighted by Gasteiger charge is 2.33. The van der Waals surface area contributed by atoms with Crippen molar-refractivity contribution >= 4 is 11.9 Å². The molecule has 2 N–H and O–H groups in total. The van der Waals surface area contributed by atoms with Crippen molar-refractivity contribution < 1.29 is 24.5 Å². The van der Waals surface area contributed by atoms with Crippen LogP contribution in [0.15, 0.2) is 18.2 Å². The molecule has 0 aliphatic heterocycles. The van der Waals surface area contributed by atoms with Gasteiger partial charge in [0.25, 0.3) is 0 Å². The summed E-state index contributed by atoms with van der Waals surface area (Å²) < 4.78 is 5.68. The monoisotopic (exact) mass is 336 g/mol. The predicted molar refractivity (Wildman–Crippen MR) is 92.6 cm³/mol. The minimum Gasteiger partial charge on any atom is -0.491 e. The molecule has 0 heterocycles. The molecule has 0 amide bonds. The first-order chi connectivity index (χ1) is 11.1. The van der Waals surface area contributed by atoms with Crippen LogP contribution in [0.5, 0.6) is 5.75 Å². The Morgan fingerprint density at radius 2 is 1.29 bits per heavy atom. The van der Waals surface area contributed by atoms with E-state index in [-0.39, 0.29) is 17.9 Å². The number of benzene rings is 1. The average molecular weight is 336 g/mol. The van der Waals surface area contributed by atoms with Crippen LogP contribution in [0, 0.1) is 11.8 Å². The highest BCUT2D eigenvalue weighted by Crippen LogP contribution is 2.37. The maximum absolute atomic E-state index is 11.8. The first-order valence-electron chi connectivity index (χ1n) is 8.32. The van der Waals surface area contributed by atoms with Crippen LogP contribution in [0.3, 0.4) is 0 Å². The molecule has 2 atom stereocenters. The number of aliphatic carboxylic acids is 2. The van der Waals surface area contributed by atoms with Crippen LogP contribution in [0.1, 0.15) is 64.5 Å². The fraction of sp³-hybridized carbons (Fsp3) is 0.579. The Bertz CT molecular complexity index is 589.